The zero-order valence-electron chi connectivity index (χ0n) is 11.7. The molecule has 0 saturated heterocycles. The quantitative estimate of drug-likeness (QED) is 0.755. The lowest BCUT2D eigenvalue weighted by Crippen LogP contribution is -2.25. The number of imidazole rings is 1. The Labute approximate surface area is 117 Å². The van der Waals surface area contributed by atoms with Gasteiger partial charge in [-0.3, -0.25) is 4.68 Å². The van der Waals surface area contributed by atoms with Crippen molar-refractivity contribution in [2.24, 2.45) is 7.05 Å². The van der Waals surface area contributed by atoms with Crippen LogP contribution in [-0.2, 0) is 28.9 Å². The van der Waals surface area contributed by atoms with Gasteiger partial charge in [0.05, 0.1) is 30.8 Å². The normalized spacial score (nSPS) is 13.3. The summed E-state index contributed by atoms with van der Waals surface area (Å²) >= 11 is 5.98. The molecule has 2 heterocycles. The van der Waals surface area contributed by atoms with Gasteiger partial charge in [0.25, 0.3) is 0 Å². The van der Waals surface area contributed by atoms with E-state index in [0.717, 1.165) is 22.7 Å². The zero-order valence-corrected chi connectivity index (χ0v) is 12.4. The topological polar surface area (TPSA) is 54.1 Å². The van der Waals surface area contributed by atoms with Gasteiger partial charge in [0.1, 0.15) is 11.3 Å². The van der Waals surface area contributed by atoms with Crippen molar-refractivity contribution >= 4 is 22.8 Å². The van der Waals surface area contributed by atoms with Crippen molar-refractivity contribution in [1.29, 1.82) is 0 Å². The number of aromatic nitrogens is 4. The molecular weight excluding hydrogens is 268 g/mol. The molecule has 0 bridgehead atoms. The van der Waals surface area contributed by atoms with E-state index in [1.165, 1.54) is 0 Å². The molecule has 0 aromatic carbocycles. The Bertz CT molecular complexity index is 564. The van der Waals surface area contributed by atoms with Crippen LogP contribution in [0.3, 0.4) is 0 Å². The van der Waals surface area contributed by atoms with E-state index in [4.69, 9.17) is 21.1 Å². The molecule has 0 fully saturated rings. The molecule has 6 nitrogen and oxygen atoms in total. The predicted molar refractivity (Wildman–Crippen MR) is 73.5 cm³/mol. The average Bonchev–Trinajstić information content (AvgIpc) is 2.88. The van der Waals surface area contributed by atoms with Crippen molar-refractivity contribution in [1.82, 2.24) is 19.3 Å². The summed E-state index contributed by atoms with van der Waals surface area (Å²) in [6, 6.07) is 0. The third-order valence-corrected chi connectivity index (χ3v) is 3.40. The minimum absolute atomic E-state index is 0.0421. The summed E-state index contributed by atoms with van der Waals surface area (Å²) < 4.78 is 14.4. The number of hydrogen-bond acceptors (Lipinski definition) is 4. The van der Waals surface area contributed by atoms with E-state index in [2.05, 4.69) is 14.6 Å². The molecule has 1 atom stereocenters. The largest absolute Gasteiger partial charge is 0.382 e. The fourth-order valence-electron chi connectivity index (χ4n) is 2.26. The first-order valence-electron chi connectivity index (χ1n) is 6.08. The van der Waals surface area contributed by atoms with E-state index in [0.29, 0.717) is 19.0 Å². The van der Waals surface area contributed by atoms with Crippen LogP contribution in [0.1, 0.15) is 11.5 Å². The fourth-order valence-corrected chi connectivity index (χ4v) is 2.46. The Morgan fingerprint density at radius 2 is 2.11 bits per heavy atom. The van der Waals surface area contributed by atoms with Gasteiger partial charge in [-0.25, -0.2) is 4.98 Å². The molecule has 1 unspecified atom stereocenters. The zero-order chi connectivity index (χ0) is 14.0. The smallest absolute Gasteiger partial charge is 0.158 e. The van der Waals surface area contributed by atoms with Crippen LogP contribution in [0.25, 0.3) is 11.2 Å². The molecule has 106 valence electrons. The summed E-state index contributed by atoms with van der Waals surface area (Å²) in [5.74, 6) is 1.18. The number of ether oxygens (including phenoxy) is 2. The first-order chi connectivity index (χ1) is 9.12. The van der Waals surface area contributed by atoms with Crippen LogP contribution in [0, 0.1) is 6.92 Å². The van der Waals surface area contributed by atoms with Gasteiger partial charge in [0.15, 0.2) is 5.65 Å². The maximum Gasteiger partial charge on any atom is 0.158 e. The average molecular weight is 287 g/mol. The summed E-state index contributed by atoms with van der Waals surface area (Å²) in [6.45, 7) is 3.11. The lowest BCUT2D eigenvalue weighted by Gasteiger charge is -2.16. The maximum absolute atomic E-state index is 5.98. The monoisotopic (exact) mass is 286 g/mol. The Balaban J connectivity index is 2.44. The summed E-state index contributed by atoms with van der Waals surface area (Å²) in [6.07, 6.45) is -0.0421. The molecule has 0 N–H and O–H groups in total. The number of aryl methyl sites for hydroxylation is 2. The van der Waals surface area contributed by atoms with Crippen molar-refractivity contribution in [3.63, 3.8) is 0 Å². The van der Waals surface area contributed by atoms with Crippen LogP contribution in [0.5, 0.6) is 0 Å². The molecule has 2 rings (SSSR count). The Kier molecular flexibility index (Phi) is 4.44. The molecular formula is C12H19ClN4O2. The highest BCUT2D eigenvalue weighted by atomic mass is 35.5. The summed E-state index contributed by atoms with van der Waals surface area (Å²) in [4.78, 5) is 4.55. The molecule has 19 heavy (non-hydrogen) atoms. The first-order valence-corrected chi connectivity index (χ1v) is 6.62. The van der Waals surface area contributed by atoms with Gasteiger partial charge < -0.3 is 14.0 Å². The van der Waals surface area contributed by atoms with Crippen LogP contribution in [0.4, 0.5) is 0 Å². The predicted octanol–water partition coefficient (Wildman–Crippen LogP) is 1.48. The maximum atomic E-state index is 5.98. The summed E-state index contributed by atoms with van der Waals surface area (Å²) in [5, 5.41) is 4.38. The third-order valence-electron chi connectivity index (χ3n) is 3.16. The van der Waals surface area contributed by atoms with Gasteiger partial charge in [0, 0.05) is 21.3 Å². The second-order valence-corrected chi connectivity index (χ2v) is 4.73. The molecule has 0 saturated carbocycles. The van der Waals surface area contributed by atoms with Crippen LogP contribution in [-0.4, -0.2) is 46.3 Å². The van der Waals surface area contributed by atoms with E-state index in [1.807, 2.05) is 18.7 Å². The summed E-state index contributed by atoms with van der Waals surface area (Å²) in [5.41, 5.74) is 2.76. The van der Waals surface area contributed by atoms with E-state index < -0.39 is 0 Å². The lowest BCUT2D eigenvalue weighted by molar-refractivity contribution is 0.0185. The SMILES string of the molecule is COCC(Cn1c(CCl)nc2c(C)nn(C)c21)OC. The van der Waals surface area contributed by atoms with Gasteiger partial charge in [-0.05, 0) is 6.92 Å². The molecule has 0 radical (unpaired) electrons. The van der Waals surface area contributed by atoms with Crippen LogP contribution in [0.15, 0.2) is 0 Å². The molecule has 7 heteroatoms. The van der Waals surface area contributed by atoms with Crippen molar-refractivity contribution in [3.05, 3.63) is 11.5 Å². The standard InChI is InChI=1S/C12H19ClN4O2/c1-8-11-12(16(2)15-8)17(10(5-13)14-11)6-9(19-4)7-18-3/h9H,5-7H2,1-4H3. The second kappa shape index (κ2) is 5.90. The lowest BCUT2D eigenvalue weighted by atomic mass is 10.3. The van der Waals surface area contributed by atoms with Crippen molar-refractivity contribution in [3.8, 4) is 0 Å². The Hall–Kier alpha value is -1.11. The number of hydrogen-bond donors (Lipinski definition) is 0. The minimum Gasteiger partial charge on any atom is -0.382 e. The molecule has 2 aromatic heterocycles. The first kappa shape index (κ1) is 14.3. The highest BCUT2D eigenvalue weighted by Gasteiger charge is 2.19. The molecule has 0 aliphatic heterocycles. The Morgan fingerprint density at radius 3 is 2.68 bits per heavy atom. The second-order valence-electron chi connectivity index (χ2n) is 4.47. The van der Waals surface area contributed by atoms with Crippen LogP contribution in [0.2, 0.25) is 0 Å². The van der Waals surface area contributed by atoms with E-state index >= 15 is 0 Å². The van der Waals surface area contributed by atoms with Crippen molar-refractivity contribution in [2.75, 3.05) is 20.8 Å². The number of rotatable bonds is 6. The molecule has 0 aliphatic carbocycles. The van der Waals surface area contributed by atoms with Gasteiger partial charge in [-0.1, -0.05) is 0 Å². The summed E-state index contributed by atoms with van der Waals surface area (Å²) in [7, 11) is 5.24. The highest BCUT2D eigenvalue weighted by molar-refractivity contribution is 6.16. The molecule has 0 spiro atoms. The molecule has 2 aromatic rings. The van der Waals surface area contributed by atoms with Gasteiger partial charge in [-0.2, -0.15) is 5.10 Å². The number of fused-ring (bicyclic) bond motifs is 1. The number of methoxy groups -OCH3 is 2. The number of nitrogens with zero attached hydrogens (tertiary/aromatic N) is 4. The van der Waals surface area contributed by atoms with Crippen molar-refractivity contribution < 1.29 is 9.47 Å². The van der Waals surface area contributed by atoms with Gasteiger partial charge in [0.2, 0.25) is 0 Å². The van der Waals surface area contributed by atoms with Crippen molar-refractivity contribution in [2.45, 2.75) is 25.5 Å². The highest BCUT2D eigenvalue weighted by Crippen LogP contribution is 2.20. The third kappa shape index (κ3) is 2.61. The van der Waals surface area contributed by atoms with E-state index in [9.17, 15) is 0 Å². The molecule has 0 amide bonds. The van der Waals surface area contributed by atoms with Gasteiger partial charge >= 0.3 is 0 Å². The Morgan fingerprint density at radius 1 is 1.37 bits per heavy atom. The van der Waals surface area contributed by atoms with Gasteiger partial charge in [-0.15, -0.1) is 11.6 Å². The van der Waals surface area contributed by atoms with E-state index in [1.54, 1.807) is 14.2 Å². The van der Waals surface area contributed by atoms with E-state index in [-0.39, 0.29) is 6.10 Å². The number of halogens is 1. The number of alkyl halides is 1. The minimum atomic E-state index is -0.0421. The van der Waals surface area contributed by atoms with Crippen LogP contribution >= 0.6 is 11.6 Å². The van der Waals surface area contributed by atoms with Crippen LogP contribution < -0.4 is 0 Å². The fraction of sp³-hybridized carbons (Fsp3) is 0.667. The molecule has 0 aliphatic rings.